The number of halogens is 1. The highest BCUT2D eigenvalue weighted by atomic mass is 79.9. The molecule has 0 N–H and O–H groups in total. The van der Waals surface area contributed by atoms with Crippen LogP contribution in [-0.4, -0.2) is 26.1 Å². The van der Waals surface area contributed by atoms with E-state index in [0.717, 1.165) is 20.9 Å². The topological polar surface area (TPSA) is 56.0 Å². The molecule has 0 spiro atoms. The van der Waals surface area contributed by atoms with Crippen molar-refractivity contribution in [3.63, 3.8) is 0 Å². The first kappa shape index (κ1) is 11.0. The van der Waals surface area contributed by atoms with Gasteiger partial charge in [-0.2, -0.15) is 5.10 Å². The molecule has 0 atom stereocenters. The Morgan fingerprint density at radius 2 is 2.06 bits per heavy atom. The van der Waals surface area contributed by atoms with Gasteiger partial charge in [0, 0.05) is 16.1 Å². The largest absolute Gasteiger partial charge is 0.255 e. The van der Waals surface area contributed by atoms with E-state index in [1.54, 1.807) is 17.1 Å². The molecule has 5 nitrogen and oxygen atoms in total. The fraction of sp³-hybridized carbons (Fsp3) is 0. The summed E-state index contributed by atoms with van der Waals surface area (Å²) < 4.78 is 2.49. The summed E-state index contributed by atoms with van der Waals surface area (Å²) in [4.78, 5) is 4.32. The van der Waals surface area contributed by atoms with Gasteiger partial charge in [-0.15, -0.1) is 10.2 Å². The maximum atomic E-state index is 4.32. The molecule has 0 unspecified atom stereocenters. The van der Waals surface area contributed by atoms with E-state index < -0.39 is 0 Å². The standard InChI is InChI=1S/C12H8BrN5/c13-11-5-9(6-17-18-7-15-16-8-18)4-10-2-1-3-14-12(10)11/h1-8H/b17-6-. The summed E-state index contributed by atoms with van der Waals surface area (Å²) in [6, 6.07) is 7.93. The fourth-order valence-corrected chi connectivity index (χ4v) is 2.23. The second kappa shape index (κ2) is 4.66. The number of benzene rings is 1. The van der Waals surface area contributed by atoms with Gasteiger partial charge in [-0.05, 0) is 39.7 Å². The second-order valence-electron chi connectivity index (χ2n) is 3.66. The average molecular weight is 302 g/mol. The molecule has 0 amide bonds. The van der Waals surface area contributed by atoms with E-state index >= 15 is 0 Å². The zero-order valence-electron chi connectivity index (χ0n) is 9.23. The van der Waals surface area contributed by atoms with Crippen molar-refractivity contribution in [2.75, 3.05) is 0 Å². The minimum atomic E-state index is 0.943. The quantitative estimate of drug-likeness (QED) is 0.683. The Labute approximate surface area is 111 Å². The number of fused-ring (bicyclic) bond motifs is 1. The summed E-state index contributed by atoms with van der Waals surface area (Å²) >= 11 is 3.51. The smallest absolute Gasteiger partial charge is 0.141 e. The SMILES string of the molecule is Brc1cc(/C=N\n2cnnc2)cc2cccnc12. The Balaban J connectivity index is 2.03. The lowest BCUT2D eigenvalue weighted by Crippen LogP contribution is -1.89. The van der Waals surface area contributed by atoms with Crippen LogP contribution in [0.2, 0.25) is 0 Å². The molecular weight excluding hydrogens is 294 g/mol. The Kier molecular flexibility index (Phi) is 2.85. The van der Waals surface area contributed by atoms with E-state index in [2.05, 4.69) is 36.2 Å². The van der Waals surface area contributed by atoms with Gasteiger partial charge in [0.05, 0.1) is 11.7 Å². The molecule has 3 rings (SSSR count). The van der Waals surface area contributed by atoms with Crippen molar-refractivity contribution in [1.29, 1.82) is 0 Å². The average Bonchev–Trinajstić information content (AvgIpc) is 2.90. The molecule has 2 aromatic heterocycles. The maximum absolute atomic E-state index is 4.32. The van der Waals surface area contributed by atoms with Gasteiger partial charge in [0.25, 0.3) is 0 Å². The van der Waals surface area contributed by atoms with Gasteiger partial charge < -0.3 is 0 Å². The molecule has 6 heteroatoms. The Morgan fingerprint density at radius 1 is 1.22 bits per heavy atom. The summed E-state index contributed by atoms with van der Waals surface area (Å²) in [6.45, 7) is 0. The third-order valence-corrected chi connectivity index (χ3v) is 3.03. The third kappa shape index (κ3) is 2.14. The van der Waals surface area contributed by atoms with Crippen LogP contribution in [-0.2, 0) is 0 Å². The predicted molar refractivity (Wildman–Crippen MR) is 72.5 cm³/mol. The molecule has 0 aliphatic carbocycles. The first-order chi connectivity index (χ1) is 8.83. The molecule has 0 bridgehead atoms. The minimum Gasteiger partial charge on any atom is -0.255 e. The van der Waals surface area contributed by atoms with Gasteiger partial charge in [0.15, 0.2) is 0 Å². The zero-order chi connectivity index (χ0) is 12.4. The fourth-order valence-electron chi connectivity index (χ4n) is 1.63. The van der Waals surface area contributed by atoms with Crippen molar-refractivity contribution in [3.8, 4) is 0 Å². The first-order valence-corrected chi connectivity index (χ1v) is 6.05. The molecule has 88 valence electrons. The Morgan fingerprint density at radius 3 is 2.89 bits per heavy atom. The van der Waals surface area contributed by atoms with E-state index in [-0.39, 0.29) is 0 Å². The van der Waals surface area contributed by atoms with Gasteiger partial charge >= 0.3 is 0 Å². The molecule has 0 aliphatic heterocycles. The van der Waals surface area contributed by atoms with E-state index in [0.29, 0.717) is 0 Å². The number of hydrogen-bond donors (Lipinski definition) is 0. The van der Waals surface area contributed by atoms with Crippen LogP contribution in [0.15, 0.2) is 52.7 Å². The second-order valence-corrected chi connectivity index (χ2v) is 4.52. The van der Waals surface area contributed by atoms with Crippen molar-refractivity contribution in [1.82, 2.24) is 19.9 Å². The van der Waals surface area contributed by atoms with Gasteiger partial charge in [-0.3, -0.25) is 4.98 Å². The summed E-state index contributed by atoms with van der Waals surface area (Å²) in [7, 11) is 0. The van der Waals surface area contributed by atoms with Gasteiger partial charge in [0.1, 0.15) is 12.7 Å². The highest BCUT2D eigenvalue weighted by Gasteiger charge is 2.01. The number of aromatic nitrogens is 4. The van der Waals surface area contributed by atoms with E-state index in [9.17, 15) is 0 Å². The number of pyridine rings is 1. The molecule has 2 heterocycles. The van der Waals surface area contributed by atoms with Crippen molar-refractivity contribution >= 4 is 33.0 Å². The van der Waals surface area contributed by atoms with Gasteiger partial charge in [-0.25, -0.2) is 4.68 Å². The Bertz CT molecular complexity index is 706. The van der Waals surface area contributed by atoms with Crippen LogP contribution in [0.1, 0.15) is 5.56 Å². The van der Waals surface area contributed by atoms with E-state index in [1.165, 1.54) is 12.7 Å². The molecule has 0 aliphatic rings. The van der Waals surface area contributed by atoms with Crippen molar-refractivity contribution in [3.05, 3.63) is 53.2 Å². The highest BCUT2D eigenvalue weighted by Crippen LogP contribution is 2.23. The number of hydrogen-bond acceptors (Lipinski definition) is 4. The van der Waals surface area contributed by atoms with Crippen LogP contribution >= 0.6 is 15.9 Å². The zero-order valence-corrected chi connectivity index (χ0v) is 10.8. The lowest BCUT2D eigenvalue weighted by Gasteiger charge is -2.01. The Hall–Kier alpha value is -2.08. The summed E-state index contributed by atoms with van der Waals surface area (Å²) in [5.74, 6) is 0. The first-order valence-electron chi connectivity index (χ1n) is 5.26. The van der Waals surface area contributed by atoms with Crippen molar-refractivity contribution < 1.29 is 0 Å². The molecule has 1 aromatic carbocycles. The molecule has 18 heavy (non-hydrogen) atoms. The molecule has 0 radical (unpaired) electrons. The van der Waals surface area contributed by atoms with Crippen LogP contribution in [0.5, 0.6) is 0 Å². The lowest BCUT2D eigenvalue weighted by molar-refractivity contribution is 0.878. The van der Waals surface area contributed by atoms with Gasteiger partial charge in [0.2, 0.25) is 0 Å². The number of rotatable bonds is 2. The number of nitrogens with zero attached hydrogens (tertiary/aromatic N) is 5. The van der Waals surface area contributed by atoms with Crippen LogP contribution < -0.4 is 0 Å². The van der Waals surface area contributed by atoms with Gasteiger partial charge in [-0.1, -0.05) is 6.07 Å². The van der Waals surface area contributed by atoms with Crippen molar-refractivity contribution in [2.45, 2.75) is 0 Å². The van der Waals surface area contributed by atoms with Crippen LogP contribution in [0.3, 0.4) is 0 Å². The molecule has 0 fully saturated rings. The normalized spacial score (nSPS) is 11.4. The predicted octanol–water partition coefficient (Wildman–Crippen LogP) is 2.47. The third-order valence-electron chi connectivity index (χ3n) is 2.43. The van der Waals surface area contributed by atoms with Crippen molar-refractivity contribution in [2.24, 2.45) is 5.10 Å². The molecule has 0 saturated heterocycles. The lowest BCUT2D eigenvalue weighted by atomic mass is 10.1. The van der Waals surface area contributed by atoms with Crippen LogP contribution in [0.25, 0.3) is 10.9 Å². The highest BCUT2D eigenvalue weighted by molar-refractivity contribution is 9.10. The summed E-state index contributed by atoms with van der Waals surface area (Å²) in [5.41, 5.74) is 1.93. The van der Waals surface area contributed by atoms with Crippen LogP contribution in [0.4, 0.5) is 0 Å². The van der Waals surface area contributed by atoms with E-state index in [4.69, 9.17) is 0 Å². The van der Waals surface area contributed by atoms with Crippen LogP contribution in [0, 0.1) is 0 Å². The molecule has 3 aromatic rings. The molecule has 0 saturated carbocycles. The minimum absolute atomic E-state index is 0.943. The van der Waals surface area contributed by atoms with E-state index in [1.807, 2.05) is 24.3 Å². The monoisotopic (exact) mass is 301 g/mol. The summed E-state index contributed by atoms with van der Waals surface area (Å²) in [5, 5.41) is 12.6. The summed E-state index contributed by atoms with van der Waals surface area (Å²) in [6.07, 6.45) is 6.60. The maximum Gasteiger partial charge on any atom is 0.141 e. The molecular formula is C12H8BrN5.